The summed E-state index contributed by atoms with van der Waals surface area (Å²) >= 11 is 0. The smallest absolute Gasteiger partial charge is 0.269 e. The van der Waals surface area contributed by atoms with Crippen LogP contribution in [0.5, 0.6) is 0 Å². The summed E-state index contributed by atoms with van der Waals surface area (Å²) in [4.78, 5) is 9.94. The van der Waals surface area contributed by atoms with Crippen LogP contribution in [0.3, 0.4) is 0 Å². The molecule has 0 fully saturated rings. The summed E-state index contributed by atoms with van der Waals surface area (Å²) in [5.74, 6) is 0. The average Bonchev–Trinajstić information content (AvgIpc) is 2.25. The maximum Gasteiger partial charge on any atom is 0.269 e. The van der Waals surface area contributed by atoms with Crippen molar-refractivity contribution in [3.8, 4) is 0 Å². The molecule has 0 aliphatic heterocycles. The van der Waals surface area contributed by atoms with Crippen molar-refractivity contribution in [2.24, 2.45) is 0 Å². The van der Waals surface area contributed by atoms with E-state index in [2.05, 4.69) is 0 Å². The molecular weight excluding hydrogens is 198 g/mol. The molecule has 5 heteroatoms. The zero-order chi connectivity index (χ0) is 11.1. The van der Waals surface area contributed by atoms with Gasteiger partial charge in [-0.25, -0.2) is 0 Å². The van der Waals surface area contributed by atoms with Gasteiger partial charge in [-0.3, -0.25) is 10.1 Å². The molecule has 1 aromatic rings. The zero-order valence-corrected chi connectivity index (χ0v) is 8.51. The minimum atomic E-state index is -0.426. The molecule has 0 bridgehead atoms. The number of hydrogen-bond acceptors (Lipinski definition) is 4. The SMILES string of the molecule is CCOCOCc1ccc([N+](=O)[O-])cc1. The number of ether oxygens (including phenoxy) is 2. The molecule has 0 saturated heterocycles. The number of benzene rings is 1. The average molecular weight is 211 g/mol. The third kappa shape index (κ3) is 4.05. The van der Waals surface area contributed by atoms with E-state index in [0.29, 0.717) is 13.2 Å². The van der Waals surface area contributed by atoms with E-state index >= 15 is 0 Å². The van der Waals surface area contributed by atoms with Gasteiger partial charge < -0.3 is 9.47 Å². The van der Waals surface area contributed by atoms with Crippen LogP contribution in [0.4, 0.5) is 5.69 Å². The van der Waals surface area contributed by atoms with Crippen molar-refractivity contribution in [1.29, 1.82) is 0 Å². The number of nitro benzene ring substituents is 1. The second kappa shape index (κ2) is 6.10. The van der Waals surface area contributed by atoms with Crippen LogP contribution in [-0.4, -0.2) is 18.3 Å². The highest BCUT2D eigenvalue weighted by Crippen LogP contribution is 2.12. The molecule has 5 nitrogen and oxygen atoms in total. The highest BCUT2D eigenvalue weighted by atomic mass is 16.7. The predicted molar refractivity (Wildman–Crippen MR) is 54.4 cm³/mol. The first-order chi connectivity index (χ1) is 7.24. The van der Waals surface area contributed by atoms with Crippen LogP contribution < -0.4 is 0 Å². The molecule has 0 unspecified atom stereocenters. The largest absolute Gasteiger partial charge is 0.356 e. The van der Waals surface area contributed by atoms with E-state index in [1.165, 1.54) is 12.1 Å². The van der Waals surface area contributed by atoms with Crippen molar-refractivity contribution in [3.63, 3.8) is 0 Å². The zero-order valence-electron chi connectivity index (χ0n) is 8.51. The quantitative estimate of drug-likeness (QED) is 0.313. The van der Waals surface area contributed by atoms with E-state index in [9.17, 15) is 10.1 Å². The van der Waals surface area contributed by atoms with Crippen LogP contribution in [0.1, 0.15) is 12.5 Å². The van der Waals surface area contributed by atoms with Gasteiger partial charge in [-0.15, -0.1) is 0 Å². The lowest BCUT2D eigenvalue weighted by atomic mass is 10.2. The van der Waals surface area contributed by atoms with Crippen molar-refractivity contribution in [2.45, 2.75) is 13.5 Å². The summed E-state index contributed by atoms with van der Waals surface area (Å²) in [6.45, 7) is 3.14. The number of non-ortho nitro benzene ring substituents is 1. The standard InChI is InChI=1S/C10H13NO4/c1-2-14-8-15-7-9-3-5-10(6-4-9)11(12)13/h3-6H,2,7-8H2,1H3. The van der Waals surface area contributed by atoms with Crippen LogP contribution in [0.25, 0.3) is 0 Å². The number of hydrogen-bond donors (Lipinski definition) is 0. The lowest BCUT2D eigenvalue weighted by Crippen LogP contribution is -1.99. The predicted octanol–water partition coefficient (Wildman–Crippen LogP) is 2.11. The molecule has 15 heavy (non-hydrogen) atoms. The van der Waals surface area contributed by atoms with E-state index in [1.54, 1.807) is 12.1 Å². The lowest BCUT2D eigenvalue weighted by Gasteiger charge is -2.03. The molecule has 1 aromatic carbocycles. The van der Waals surface area contributed by atoms with Gasteiger partial charge in [0.2, 0.25) is 0 Å². The Kier molecular flexibility index (Phi) is 4.73. The van der Waals surface area contributed by atoms with Crippen LogP contribution >= 0.6 is 0 Å². The molecule has 0 radical (unpaired) electrons. The van der Waals surface area contributed by atoms with Gasteiger partial charge >= 0.3 is 0 Å². The van der Waals surface area contributed by atoms with E-state index in [0.717, 1.165) is 5.56 Å². The molecule has 0 amide bonds. The van der Waals surface area contributed by atoms with Crippen LogP contribution in [-0.2, 0) is 16.1 Å². The molecule has 0 saturated carbocycles. The molecule has 0 aromatic heterocycles. The van der Waals surface area contributed by atoms with Gasteiger partial charge in [-0.05, 0) is 24.6 Å². The Labute approximate surface area is 87.8 Å². The summed E-state index contributed by atoms with van der Waals surface area (Å²) in [7, 11) is 0. The van der Waals surface area contributed by atoms with Crippen molar-refractivity contribution in [1.82, 2.24) is 0 Å². The van der Waals surface area contributed by atoms with Gasteiger partial charge in [0.15, 0.2) is 0 Å². The first-order valence-electron chi connectivity index (χ1n) is 4.63. The molecule has 1 rings (SSSR count). The van der Waals surface area contributed by atoms with Crippen molar-refractivity contribution in [2.75, 3.05) is 13.4 Å². The Morgan fingerprint density at radius 1 is 1.27 bits per heavy atom. The van der Waals surface area contributed by atoms with Gasteiger partial charge in [0, 0.05) is 18.7 Å². The third-order valence-corrected chi connectivity index (χ3v) is 1.79. The van der Waals surface area contributed by atoms with Gasteiger partial charge in [-0.1, -0.05) is 0 Å². The van der Waals surface area contributed by atoms with Gasteiger partial charge in [0.05, 0.1) is 11.5 Å². The first kappa shape index (κ1) is 11.6. The molecule has 0 N–H and O–H groups in total. The Morgan fingerprint density at radius 2 is 1.93 bits per heavy atom. The minimum Gasteiger partial charge on any atom is -0.356 e. The van der Waals surface area contributed by atoms with Gasteiger partial charge in [0.25, 0.3) is 5.69 Å². The summed E-state index contributed by atoms with van der Waals surface area (Å²) in [6.07, 6.45) is 0. The van der Waals surface area contributed by atoms with Crippen LogP contribution in [0.15, 0.2) is 24.3 Å². The van der Waals surface area contributed by atoms with Gasteiger partial charge in [-0.2, -0.15) is 0 Å². The fraction of sp³-hybridized carbons (Fsp3) is 0.400. The summed E-state index contributed by atoms with van der Waals surface area (Å²) in [5, 5.41) is 10.4. The molecule has 0 aliphatic rings. The lowest BCUT2D eigenvalue weighted by molar-refractivity contribution is -0.384. The van der Waals surface area contributed by atoms with Crippen LogP contribution in [0.2, 0.25) is 0 Å². The Morgan fingerprint density at radius 3 is 2.47 bits per heavy atom. The molecule has 82 valence electrons. The Bertz CT molecular complexity index is 310. The Hall–Kier alpha value is -1.46. The molecule has 0 heterocycles. The number of nitro groups is 1. The summed E-state index contributed by atoms with van der Waals surface area (Å²) < 4.78 is 10.2. The topological polar surface area (TPSA) is 61.6 Å². The normalized spacial score (nSPS) is 10.2. The minimum absolute atomic E-state index is 0.0866. The molecule has 0 spiro atoms. The maximum absolute atomic E-state index is 10.4. The van der Waals surface area contributed by atoms with E-state index in [-0.39, 0.29) is 12.5 Å². The number of nitrogens with zero attached hydrogens (tertiary/aromatic N) is 1. The second-order valence-electron chi connectivity index (χ2n) is 2.88. The van der Waals surface area contributed by atoms with Gasteiger partial charge in [0.1, 0.15) is 6.79 Å². The van der Waals surface area contributed by atoms with Crippen molar-refractivity contribution >= 4 is 5.69 Å². The third-order valence-electron chi connectivity index (χ3n) is 1.79. The second-order valence-corrected chi connectivity index (χ2v) is 2.88. The molecule has 0 atom stereocenters. The first-order valence-corrected chi connectivity index (χ1v) is 4.63. The number of rotatable bonds is 6. The highest BCUT2D eigenvalue weighted by Gasteiger charge is 2.03. The van der Waals surface area contributed by atoms with Crippen molar-refractivity contribution < 1.29 is 14.4 Å². The summed E-state index contributed by atoms with van der Waals surface area (Å²) in [6, 6.07) is 6.26. The highest BCUT2D eigenvalue weighted by molar-refractivity contribution is 5.32. The Balaban J connectivity index is 2.39. The molecular formula is C10H13NO4. The fourth-order valence-electron chi connectivity index (χ4n) is 1.02. The fourth-order valence-corrected chi connectivity index (χ4v) is 1.02. The summed E-state index contributed by atoms with van der Waals surface area (Å²) in [5.41, 5.74) is 0.976. The van der Waals surface area contributed by atoms with E-state index < -0.39 is 4.92 Å². The molecule has 0 aliphatic carbocycles. The maximum atomic E-state index is 10.4. The van der Waals surface area contributed by atoms with E-state index in [1.807, 2.05) is 6.92 Å². The van der Waals surface area contributed by atoms with Crippen LogP contribution in [0, 0.1) is 10.1 Å². The monoisotopic (exact) mass is 211 g/mol. The van der Waals surface area contributed by atoms with Crippen molar-refractivity contribution in [3.05, 3.63) is 39.9 Å². The van der Waals surface area contributed by atoms with E-state index in [4.69, 9.17) is 9.47 Å².